The third-order valence-corrected chi connectivity index (χ3v) is 9.73. The second-order valence-electron chi connectivity index (χ2n) is 11.9. The average Bonchev–Trinajstić information content (AvgIpc) is 3.72. The Hall–Kier alpha value is -5.97. The number of nitrogen functional groups attached to an aromatic ring is 1. The maximum Gasteiger partial charge on any atom is 0.361 e. The fraction of sp³-hybridized carbons (Fsp3) is 0.357. The summed E-state index contributed by atoms with van der Waals surface area (Å²) in [5.41, 5.74) is 2.24. The molecule has 270 valence electrons. The van der Waals surface area contributed by atoms with Crippen molar-refractivity contribution in [2.75, 3.05) is 18.0 Å². The number of likely N-dealkylation sites (tertiary alicyclic amines) is 1. The number of Topliss-reactive ketones (excluding diaryl/α,β-unsaturated/α-hetero) is 1. The van der Waals surface area contributed by atoms with Gasteiger partial charge in [0.05, 0.1) is 23.9 Å². The number of nitrogens with one attached hydrogen (secondary N) is 1. The molecular formula is C28H30N10O11S2. The van der Waals surface area contributed by atoms with Crippen LogP contribution < -0.4 is 16.9 Å². The molecular weight excluding hydrogens is 717 g/mol. The number of carbonyl (C=O) groups excluding carboxylic acids is 3. The van der Waals surface area contributed by atoms with Crippen LogP contribution in [0.25, 0.3) is 11.5 Å². The molecule has 4 aromatic heterocycles. The lowest BCUT2D eigenvalue weighted by Crippen LogP contribution is -2.57. The zero-order valence-electron chi connectivity index (χ0n) is 27.3. The summed E-state index contributed by atoms with van der Waals surface area (Å²) in [5, 5.41) is 32.2. The van der Waals surface area contributed by atoms with E-state index in [1.165, 1.54) is 23.9 Å². The molecule has 5 N–H and O–H groups in total. The fourth-order valence-electron chi connectivity index (χ4n) is 4.69. The highest BCUT2D eigenvalue weighted by Gasteiger charge is 2.44. The van der Waals surface area contributed by atoms with Gasteiger partial charge in [-0.2, -0.15) is 5.10 Å². The number of oxime groups is 1. The number of nitrogens with zero attached hydrogens (tertiary/aromatic N) is 8. The second kappa shape index (κ2) is 13.4. The van der Waals surface area contributed by atoms with Gasteiger partial charge in [0.15, 0.2) is 34.0 Å². The first-order valence-corrected chi connectivity index (χ1v) is 17.2. The summed E-state index contributed by atoms with van der Waals surface area (Å²) in [6.45, 7) is 3.47. The molecule has 0 bridgehead atoms. The molecule has 1 fully saturated rings. The van der Waals surface area contributed by atoms with Crippen molar-refractivity contribution in [2.24, 2.45) is 18.1 Å². The van der Waals surface area contributed by atoms with Crippen LogP contribution in [0.3, 0.4) is 0 Å². The monoisotopic (exact) mass is 746 g/mol. The first-order chi connectivity index (χ1) is 23.8. The molecule has 0 aromatic carbocycles. The number of anilines is 1. The van der Waals surface area contributed by atoms with Crippen molar-refractivity contribution in [3.05, 3.63) is 61.5 Å². The molecule has 1 aliphatic rings. The largest absolute Gasteiger partial charge is 0.503 e. The third kappa shape index (κ3) is 7.33. The number of rotatable bonds is 13. The number of pyridine rings is 1. The van der Waals surface area contributed by atoms with Gasteiger partial charge in [0.1, 0.15) is 5.69 Å². The topological polar surface area (TPSA) is 297 Å². The minimum absolute atomic E-state index is 0.0340. The van der Waals surface area contributed by atoms with Gasteiger partial charge in [-0.25, -0.2) is 23.0 Å². The summed E-state index contributed by atoms with van der Waals surface area (Å²) < 4.78 is 29.3. The van der Waals surface area contributed by atoms with Gasteiger partial charge < -0.3 is 25.8 Å². The van der Waals surface area contributed by atoms with Crippen LogP contribution in [0.1, 0.15) is 37.4 Å². The number of aliphatic carboxylic acids is 1. The van der Waals surface area contributed by atoms with E-state index >= 15 is 0 Å². The Labute approximate surface area is 290 Å². The number of aromatic nitrogens is 7. The smallest absolute Gasteiger partial charge is 0.361 e. The van der Waals surface area contributed by atoms with Crippen molar-refractivity contribution in [3.63, 3.8) is 0 Å². The van der Waals surface area contributed by atoms with Gasteiger partial charge in [-0.15, -0.1) is 20.5 Å². The number of carboxylic acid groups (broad SMARTS) is 1. The number of aryl methyl sites for hydroxylation is 2. The molecule has 0 aliphatic carbocycles. The number of nitrogens with two attached hydrogens (primary N) is 1. The minimum Gasteiger partial charge on any atom is -0.503 e. The number of H-pyrrole nitrogens is 1. The zero-order valence-corrected chi connectivity index (χ0v) is 28.9. The van der Waals surface area contributed by atoms with Crippen LogP contribution in [0.2, 0.25) is 0 Å². The number of aromatic amines is 1. The maximum absolute atomic E-state index is 13.5. The van der Waals surface area contributed by atoms with Gasteiger partial charge in [-0.3, -0.25) is 33.3 Å². The number of β-lactam (4-membered cyclic amide) rings is 1. The number of thiazole rings is 1. The Balaban J connectivity index is 1.34. The predicted octanol–water partition coefficient (Wildman–Crippen LogP) is -1.36. The van der Waals surface area contributed by atoms with Crippen molar-refractivity contribution in [3.8, 4) is 17.3 Å². The Kier molecular flexibility index (Phi) is 9.53. The van der Waals surface area contributed by atoms with E-state index in [2.05, 4.69) is 25.3 Å². The highest BCUT2D eigenvalue weighted by molar-refractivity contribution is 7.90. The van der Waals surface area contributed by atoms with Crippen LogP contribution in [0.4, 0.5) is 5.13 Å². The standard InChI is InChI=1S/C28H30N10O11S2/c1-13-5-15(32-35(13)4)10-37-23(16-7-18(39)20(41)8-30-16)33-38(27(37)46)51(47,48)12-21(42)36-9-14(24(36)43)6-19(40)22(17-11-50-26(29)31-17)34-49-28(2,3)25(44)45/h5,7-8,11,14,41H,6,9-10,12H2,1-4H3,(H2,29,31)(H,30,39)(H,44,45)/b34-22-/t14-/m0/s1. The van der Waals surface area contributed by atoms with Gasteiger partial charge in [-0.1, -0.05) is 5.16 Å². The van der Waals surface area contributed by atoms with Crippen LogP contribution in [0, 0.1) is 12.8 Å². The normalized spacial score (nSPS) is 15.1. The van der Waals surface area contributed by atoms with Gasteiger partial charge in [0.25, 0.3) is 10.0 Å². The second-order valence-corrected chi connectivity index (χ2v) is 14.6. The van der Waals surface area contributed by atoms with Gasteiger partial charge in [-0.05, 0) is 26.8 Å². The zero-order chi connectivity index (χ0) is 37.6. The minimum atomic E-state index is -4.88. The van der Waals surface area contributed by atoms with Crippen LogP contribution >= 0.6 is 11.3 Å². The molecule has 21 nitrogen and oxygen atoms in total. The number of carbonyl (C=O) groups is 4. The van der Waals surface area contributed by atoms with E-state index in [0.717, 1.165) is 28.2 Å². The molecule has 0 unspecified atom stereocenters. The van der Waals surface area contributed by atoms with Crippen molar-refractivity contribution >= 4 is 55.8 Å². The number of carboxylic acids is 1. The lowest BCUT2D eigenvalue weighted by atomic mass is 9.91. The summed E-state index contributed by atoms with van der Waals surface area (Å²) in [6, 6.07) is 2.53. The summed E-state index contributed by atoms with van der Waals surface area (Å²) in [6.07, 6.45) is 0.406. The first kappa shape index (κ1) is 36.3. The van der Waals surface area contributed by atoms with Crippen LogP contribution in [-0.2, 0) is 47.6 Å². The molecule has 51 heavy (non-hydrogen) atoms. The molecule has 5 heterocycles. The number of ketones is 1. The molecule has 0 spiro atoms. The van der Waals surface area contributed by atoms with Crippen molar-refractivity contribution < 1.29 is 42.6 Å². The number of imide groups is 1. The SMILES string of the molecule is Cc1cc(Cn2c(-c3cc(=O)c(O)c[nH]3)nn(S(=O)(=O)CC(=O)N3C[C@H](CC(=O)/C(=N\OC(C)(C)C(=O)O)c4csc(N)n4)C3=O)c2=O)nn1C. The van der Waals surface area contributed by atoms with Crippen molar-refractivity contribution in [1.29, 1.82) is 0 Å². The van der Waals surface area contributed by atoms with Gasteiger partial charge in [0, 0.05) is 43.4 Å². The van der Waals surface area contributed by atoms with E-state index in [1.54, 1.807) is 20.0 Å². The molecule has 1 saturated heterocycles. The summed E-state index contributed by atoms with van der Waals surface area (Å²) in [5.74, 6) is -7.69. The van der Waals surface area contributed by atoms with E-state index in [4.69, 9.17) is 10.6 Å². The number of amides is 2. The molecule has 4 aromatic rings. The molecule has 0 saturated carbocycles. The molecule has 1 aliphatic heterocycles. The average molecular weight is 747 g/mol. The number of hydrogen-bond acceptors (Lipinski definition) is 16. The first-order valence-electron chi connectivity index (χ1n) is 14.7. The van der Waals surface area contributed by atoms with E-state index in [9.17, 15) is 47.4 Å². The number of aromatic hydroxyl groups is 1. The molecule has 5 rings (SSSR count). The predicted molar refractivity (Wildman–Crippen MR) is 176 cm³/mol. The van der Waals surface area contributed by atoms with Crippen LogP contribution in [0.5, 0.6) is 5.75 Å². The summed E-state index contributed by atoms with van der Waals surface area (Å²) >= 11 is 0.966. The molecule has 2 amide bonds. The van der Waals surface area contributed by atoms with Crippen molar-refractivity contribution in [1.82, 2.24) is 38.4 Å². The highest BCUT2D eigenvalue weighted by atomic mass is 32.2. The summed E-state index contributed by atoms with van der Waals surface area (Å²) in [4.78, 5) is 88.4. The molecule has 23 heteroatoms. The lowest BCUT2D eigenvalue weighted by molar-refractivity contribution is -0.161. The maximum atomic E-state index is 13.5. The van der Waals surface area contributed by atoms with Crippen molar-refractivity contribution in [2.45, 2.75) is 39.3 Å². The quantitative estimate of drug-likeness (QED) is 0.0698. The Morgan fingerprint density at radius 3 is 2.47 bits per heavy atom. The van der Waals surface area contributed by atoms with E-state index in [-0.39, 0.29) is 39.5 Å². The highest BCUT2D eigenvalue weighted by Crippen LogP contribution is 2.25. The van der Waals surface area contributed by atoms with Gasteiger partial charge >= 0.3 is 11.7 Å². The number of hydrogen-bond donors (Lipinski definition) is 4. The van der Waals surface area contributed by atoms with Gasteiger partial charge in [0.2, 0.25) is 22.8 Å². The Bertz CT molecular complexity index is 2330. The molecule has 1 atom stereocenters. The van der Waals surface area contributed by atoms with E-state index in [0.29, 0.717) is 16.3 Å². The molecule has 0 radical (unpaired) electrons. The van der Waals surface area contributed by atoms with E-state index < -0.39 is 79.9 Å². The van der Waals surface area contributed by atoms with E-state index in [1.807, 2.05) is 0 Å². The fourth-order valence-corrected chi connectivity index (χ4v) is 6.37. The Morgan fingerprint density at radius 2 is 1.90 bits per heavy atom. The Morgan fingerprint density at radius 1 is 1.20 bits per heavy atom. The van der Waals surface area contributed by atoms with Crippen LogP contribution in [-0.4, -0.2) is 104 Å². The lowest BCUT2D eigenvalue weighted by Gasteiger charge is -2.36. The third-order valence-electron chi connectivity index (χ3n) is 7.68. The summed E-state index contributed by atoms with van der Waals surface area (Å²) in [7, 11) is -3.23. The van der Waals surface area contributed by atoms with Crippen LogP contribution in [0.15, 0.2) is 38.5 Å².